The van der Waals surface area contributed by atoms with E-state index in [0.29, 0.717) is 25.9 Å². The van der Waals surface area contributed by atoms with E-state index < -0.39 is 12.1 Å². The summed E-state index contributed by atoms with van der Waals surface area (Å²) in [7, 11) is 0. The second-order valence-corrected chi connectivity index (χ2v) is 24.6. The lowest BCUT2D eigenvalue weighted by Crippen LogP contribution is -2.45. The zero-order chi connectivity index (χ0) is 56.4. The minimum Gasteiger partial charge on any atom is -0.466 e. The summed E-state index contributed by atoms with van der Waals surface area (Å²) >= 11 is 0. The Labute approximate surface area is 488 Å². The van der Waals surface area contributed by atoms with Crippen LogP contribution in [0.3, 0.4) is 0 Å². The number of carbonyl (C=O) groups excluding carboxylic acids is 2. The Kier molecular flexibility index (Phi) is 66.4. The van der Waals surface area contributed by atoms with Gasteiger partial charge in [-0.05, 0) is 57.8 Å². The predicted molar refractivity (Wildman–Crippen MR) is 343 cm³/mol. The van der Waals surface area contributed by atoms with Gasteiger partial charge in [-0.1, -0.05) is 353 Å². The Balaban J connectivity index is 3.36. The van der Waals surface area contributed by atoms with Crippen LogP contribution in [0, 0.1) is 0 Å². The molecule has 0 radical (unpaired) electrons. The minimum absolute atomic E-state index is 0.00462. The van der Waals surface area contributed by atoms with E-state index in [1.165, 1.54) is 315 Å². The molecule has 0 saturated heterocycles. The topological polar surface area (TPSA) is 95.9 Å². The predicted octanol–water partition coefficient (Wildman–Crippen LogP) is 22.9. The third kappa shape index (κ3) is 63.5. The SMILES string of the molecule is CCCCCC/C=C\C/C=C\CCCCCCCC(=O)OCCCCCCCCCCCCCCCCCCCCCCCCCCCCC(=O)NC(CO)C(O)CCCCCCCCCCCCCCCCCCCCC. The first-order valence-electron chi connectivity index (χ1n) is 35.6. The van der Waals surface area contributed by atoms with E-state index in [-0.39, 0.29) is 18.5 Å². The molecule has 3 N–H and O–H groups in total. The Morgan fingerprint density at radius 3 is 0.987 bits per heavy atom. The normalized spacial score (nSPS) is 12.6. The molecule has 6 heteroatoms. The summed E-state index contributed by atoms with van der Waals surface area (Å²) in [6, 6.07) is -0.540. The highest BCUT2D eigenvalue weighted by atomic mass is 16.5. The van der Waals surface area contributed by atoms with E-state index in [9.17, 15) is 19.8 Å². The van der Waals surface area contributed by atoms with Crippen molar-refractivity contribution in [3.8, 4) is 0 Å². The van der Waals surface area contributed by atoms with Crippen molar-refractivity contribution in [3.05, 3.63) is 24.3 Å². The molecule has 1 amide bonds. The quantitative estimate of drug-likeness (QED) is 0.0320. The Bertz CT molecular complexity index is 1220. The third-order valence-corrected chi connectivity index (χ3v) is 16.8. The van der Waals surface area contributed by atoms with Crippen LogP contribution in [0.4, 0.5) is 0 Å². The fourth-order valence-corrected chi connectivity index (χ4v) is 11.3. The molecule has 0 saturated carbocycles. The van der Waals surface area contributed by atoms with E-state index in [0.717, 1.165) is 51.4 Å². The lowest BCUT2D eigenvalue weighted by atomic mass is 10.0. The number of aliphatic hydroxyl groups is 2. The van der Waals surface area contributed by atoms with Gasteiger partial charge < -0.3 is 20.3 Å². The van der Waals surface area contributed by atoms with Crippen molar-refractivity contribution in [2.45, 2.75) is 411 Å². The number of nitrogens with one attached hydrogen (secondary N) is 1. The van der Waals surface area contributed by atoms with E-state index in [1.807, 2.05) is 0 Å². The highest BCUT2D eigenvalue weighted by Crippen LogP contribution is 2.19. The summed E-state index contributed by atoms with van der Waals surface area (Å²) in [6.45, 7) is 4.97. The van der Waals surface area contributed by atoms with Gasteiger partial charge in [0.05, 0.1) is 25.4 Å². The van der Waals surface area contributed by atoms with Crippen LogP contribution < -0.4 is 5.32 Å². The third-order valence-electron chi connectivity index (χ3n) is 16.8. The Morgan fingerprint density at radius 1 is 0.359 bits per heavy atom. The van der Waals surface area contributed by atoms with Gasteiger partial charge in [0, 0.05) is 12.8 Å². The molecule has 0 aliphatic carbocycles. The molecule has 2 unspecified atom stereocenters. The van der Waals surface area contributed by atoms with Gasteiger partial charge in [0.2, 0.25) is 5.91 Å². The molecular formula is C72H139NO5. The smallest absolute Gasteiger partial charge is 0.305 e. The van der Waals surface area contributed by atoms with Crippen LogP contribution in [0.1, 0.15) is 399 Å². The number of aliphatic hydroxyl groups excluding tert-OH is 2. The molecule has 0 aromatic rings. The summed E-state index contributed by atoms with van der Waals surface area (Å²) < 4.78 is 5.49. The van der Waals surface area contributed by atoms with Gasteiger partial charge in [-0.3, -0.25) is 9.59 Å². The van der Waals surface area contributed by atoms with Gasteiger partial charge in [0.25, 0.3) is 0 Å². The Morgan fingerprint density at radius 2 is 0.641 bits per heavy atom. The number of hydrogen-bond acceptors (Lipinski definition) is 5. The number of hydrogen-bond donors (Lipinski definition) is 3. The number of allylic oxidation sites excluding steroid dienone is 4. The van der Waals surface area contributed by atoms with Gasteiger partial charge >= 0.3 is 5.97 Å². The number of rotatable bonds is 67. The fourth-order valence-electron chi connectivity index (χ4n) is 11.3. The molecule has 0 rings (SSSR count). The van der Waals surface area contributed by atoms with E-state index in [1.54, 1.807) is 0 Å². The summed E-state index contributed by atoms with van der Waals surface area (Å²) in [6.07, 6.45) is 85.1. The second-order valence-electron chi connectivity index (χ2n) is 24.6. The molecule has 0 aromatic carbocycles. The van der Waals surface area contributed by atoms with Crippen LogP contribution in [0.25, 0.3) is 0 Å². The molecule has 462 valence electrons. The van der Waals surface area contributed by atoms with Gasteiger partial charge in [-0.15, -0.1) is 0 Å². The average Bonchev–Trinajstić information content (AvgIpc) is 3.44. The second kappa shape index (κ2) is 67.8. The largest absolute Gasteiger partial charge is 0.466 e. The highest BCUT2D eigenvalue weighted by molar-refractivity contribution is 5.76. The van der Waals surface area contributed by atoms with Crippen molar-refractivity contribution in [2.75, 3.05) is 13.2 Å². The molecule has 0 fully saturated rings. The number of unbranched alkanes of at least 4 members (excludes halogenated alkanes) is 52. The maximum absolute atomic E-state index is 12.5. The number of ether oxygens (including phenoxy) is 1. The van der Waals surface area contributed by atoms with Crippen LogP contribution in [0.2, 0.25) is 0 Å². The molecule has 0 aliphatic heterocycles. The number of carbonyl (C=O) groups is 2. The molecule has 0 aliphatic rings. The Hall–Kier alpha value is -1.66. The van der Waals surface area contributed by atoms with Crippen molar-refractivity contribution in [2.24, 2.45) is 0 Å². The van der Waals surface area contributed by atoms with E-state index in [4.69, 9.17) is 4.74 Å². The lowest BCUT2D eigenvalue weighted by molar-refractivity contribution is -0.143. The van der Waals surface area contributed by atoms with Gasteiger partial charge in [-0.25, -0.2) is 0 Å². The van der Waals surface area contributed by atoms with Crippen molar-refractivity contribution in [3.63, 3.8) is 0 Å². The van der Waals surface area contributed by atoms with Crippen LogP contribution in [-0.2, 0) is 14.3 Å². The number of amides is 1. The number of esters is 1. The van der Waals surface area contributed by atoms with Gasteiger partial charge in [-0.2, -0.15) is 0 Å². The first-order chi connectivity index (χ1) is 38.5. The maximum Gasteiger partial charge on any atom is 0.305 e. The van der Waals surface area contributed by atoms with Gasteiger partial charge in [0.15, 0.2) is 0 Å². The van der Waals surface area contributed by atoms with E-state index in [2.05, 4.69) is 43.5 Å². The lowest BCUT2D eigenvalue weighted by Gasteiger charge is -2.22. The van der Waals surface area contributed by atoms with Crippen molar-refractivity contribution < 1.29 is 24.5 Å². The van der Waals surface area contributed by atoms with Gasteiger partial charge in [0.1, 0.15) is 0 Å². The monoisotopic (exact) mass is 1100 g/mol. The molecule has 78 heavy (non-hydrogen) atoms. The summed E-state index contributed by atoms with van der Waals surface area (Å²) in [5, 5.41) is 23.4. The van der Waals surface area contributed by atoms with Crippen LogP contribution in [-0.4, -0.2) is 47.4 Å². The van der Waals surface area contributed by atoms with E-state index >= 15 is 0 Å². The zero-order valence-electron chi connectivity index (χ0n) is 52.9. The van der Waals surface area contributed by atoms with Crippen LogP contribution in [0.5, 0.6) is 0 Å². The molecule has 2 atom stereocenters. The van der Waals surface area contributed by atoms with Crippen LogP contribution >= 0.6 is 0 Å². The first kappa shape index (κ1) is 76.3. The molecule has 6 nitrogen and oxygen atoms in total. The van der Waals surface area contributed by atoms with Crippen molar-refractivity contribution in [1.29, 1.82) is 0 Å². The fraction of sp³-hybridized carbons (Fsp3) is 0.917. The highest BCUT2D eigenvalue weighted by Gasteiger charge is 2.20. The standard InChI is InChI=1S/C72H139NO5/c1-3-5-7-9-11-13-15-17-19-21-30-33-36-40-44-48-52-56-60-64-70(75)69(68-74)73-71(76)65-61-57-53-49-45-41-37-34-31-28-26-24-22-23-25-27-29-32-35-39-43-47-51-55-59-63-67-78-72(77)66-62-58-54-50-46-42-38-20-18-16-14-12-10-8-6-4-2/h14,16,20,38,69-70,74-75H,3-13,15,17-19,21-37,39-68H2,1-2H3,(H,73,76)/b16-14-,38-20-. The first-order valence-corrected chi connectivity index (χ1v) is 35.6. The zero-order valence-corrected chi connectivity index (χ0v) is 52.9. The molecule has 0 aromatic heterocycles. The maximum atomic E-state index is 12.5. The van der Waals surface area contributed by atoms with Crippen LogP contribution in [0.15, 0.2) is 24.3 Å². The van der Waals surface area contributed by atoms with Crippen molar-refractivity contribution >= 4 is 11.9 Å². The molecule has 0 heterocycles. The average molecular weight is 1100 g/mol. The summed E-state index contributed by atoms with van der Waals surface area (Å²) in [5.74, 6) is -0.0241. The minimum atomic E-state index is -0.663. The molecule has 0 spiro atoms. The summed E-state index contributed by atoms with van der Waals surface area (Å²) in [4.78, 5) is 24.6. The molecular weight excluding hydrogens is 959 g/mol. The van der Waals surface area contributed by atoms with Crippen molar-refractivity contribution in [1.82, 2.24) is 5.32 Å². The summed E-state index contributed by atoms with van der Waals surface area (Å²) in [5.41, 5.74) is 0. The molecule has 0 bridgehead atoms.